The second kappa shape index (κ2) is 6.19. The first-order valence-electron chi connectivity index (χ1n) is 0.894. The Morgan fingerprint density at radius 3 is 0.857 bits per heavy atom. The van der Waals surface area contributed by atoms with Crippen molar-refractivity contribution in [1.82, 2.24) is 0 Å². The summed E-state index contributed by atoms with van der Waals surface area (Å²) in [5.74, 6) is 0. The molecule has 0 radical (unpaired) electrons. The third-order valence-electron chi connectivity index (χ3n) is 0. The van der Waals surface area contributed by atoms with Gasteiger partial charge in [-0.2, -0.15) is 0 Å². The number of hydrogen-bond donors (Lipinski definition) is 4. The Morgan fingerprint density at radius 2 is 0.857 bits per heavy atom. The van der Waals surface area contributed by atoms with Crippen molar-refractivity contribution in [2.45, 2.75) is 0 Å². The van der Waals surface area contributed by atoms with Crippen LogP contribution < -0.4 is 0 Å². The van der Waals surface area contributed by atoms with Crippen molar-refractivity contribution in [1.29, 1.82) is 0 Å². The first-order valence-corrected chi connectivity index (χ1v) is 2.68. The SMILES string of the molecule is O.O[Si](O)(O)O.[CsH]. The first kappa shape index (κ1) is 16.0. The molecule has 0 bridgehead atoms. The molecule has 0 atom stereocenters. The van der Waals surface area contributed by atoms with E-state index in [4.69, 9.17) is 19.2 Å². The Kier molecular flexibility index (Phi) is 14.2. The molecule has 0 fully saturated rings. The molecule has 0 saturated heterocycles. The van der Waals surface area contributed by atoms with E-state index in [2.05, 4.69) is 0 Å². The quantitative estimate of drug-likeness (QED) is 0.326. The first-order chi connectivity index (χ1) is 2.00. The molecule has 0 aliphatic heterocycles. The van der Waals surface area contributed by atoms with Crippen molar-refractivity contribution in [3.8, 4) is 0 Å². The summed E-state index contributed by atoms with van der Waals surface area (Å²) in [7, 11) is -4.61. The molecule has 7 heteroatoms. The van der Waals surface area contributed by atoms with E-state index in [0.717, 1.165) is 0 Å². The van der Waals surface area contributed by atoms with Crippen LogP contribution >= 0.6 is 0 Å². The predicted molar refractivity (Wildman–Crippen MR) is 25.4 cm³/mol. The molecule has 0 saturated carbocycles. The van der Waals surface area contributed by atoms with Gasteiger partial charge in [-0.3, -0.25) is 0 Å². The zero-order chi connectivity index (χ0) is 4.50. The van der Waals surface area contributed by atoms with Gasteiger partial charge >= 0.3 is 77.9 Å². The van der Waals surface area contributed by atoms with E-state index in [1.54, 1.807) is 0 Å². The average molecular weight is 248 g/mol. The summed E-state index contributed by atoms with van der Waals surface area (Å²) in [5, 5.41) is 0. The van der Waals surface area contributed by atoms with Crippen LogP contribution in [0.5, 0.6) is 0 Å². The fourth-order valence-corrected chi connectivity index (χ4v) is 0. The molecule has 0 aromatic carbocycles. The average Bonchev–Trinajstić information content (AvgIpc) is 0.722. The van der Waals surface area contributed by atoms with Gasteiger partial charge in [0.15, 0.2) is 0 Å². The minimum absolute atomic E-state index is 0. The van der Waals surface area contributed by atoms with Crippen LogP contribution in [0.15, 0.2) is 0 Å². The predicted octanol–water partition coefficient (Wildman–Crippen LogP) is -4.08. The number of hydrogen-bond acceptors (Lipinski definition) is 4. The fourth-order valence-electron chi connectivity index (χ4n) is 0. The Bertz CT molecular complexity index is 23.6. The fraction of sp³-hybridized carbons (Fsp3) is 0. The van der Waals surface area contributed by atoms with E-state index in [1.165, 1.54) is 0 Å². The van der Waals surface area contributed by atoms with Crippen LogP contribution in [-0.4, -0.2) is 103 Å². The molecule has 0 heterocycles. The summed E-state index contributed by atoms with van der Waals surface area (Å²) in [5.41, 5.74) is 0. The van der Waals surface area contributed by atoms with Crippen molar-refractivity contribution >= 4 is 77.9 Å². The Morgan fingerprint density at radius 1 is 0.857 bits per heavy atom. The number of rotatable bonds is 0. The minimum atomic E-state index is -4.61. The molecule has 0 aromatic rings. The third-order valence-corrected chi connectivity index (χ3v) is 0. The van der Waals surface area contributed by atoms with E-state index in [-0.39, 0.29) is 74.4 Å². The van der Waals surface area contributed by atoms with Gasteiger partial charge in [0.1, 0.15) is 0 Å². The van der Waals surface area contributed by atoms with Crippen LogP contribution in [0.3, 0.4) is 0 Å². The van der Waals surface area contributed by atoms with Gasteiger partial charge in [0.05, 0.1) is 0 Å². The van der Waals surface area contributed by atoms with Crippen LogP contribution in [0.25, 0.3) is 0 Å². The third kappa shape index (κ3) is 69.4. The van der Waals surface area contributed by atoms with Gasteiger partial charge in [-0.15, -0.1) is 0 Å². The van der Waals surface area contributed by atoms with E-state index in [0.29, 0.717) is 0 Å². The van der Waals surface area contributed by atoms with Crippen molar-refractivity contribution in [2.75, 3.05) is 0 Å². The van der Waals surface area contributed by atoms with E-state index in [1.807, 2.05) is 0 Å². The molecule has 0 aliphatic rings. The topological polar surface area (TPSA) is 112 Å². The molecular weight excluding hydrogens is 241 g/mol. The van der Waals surface area contributed by atoms with Gasteiger partial charge in [-0.1, -0.05) is 0 Å². The molecule has 0 aliphatic carbocycles. The van der Waals surface area contributed by atoms with Crippen molar-refractivity contribution in [3.05, 3.63) is 0 Å². The summed E-state index contributed by atoms with van der Waals surface area (Å²) in [6.07, 6.45) is 0. The van der Waals surface area contributed by atoms with Gasteiger partial charge in [-0.05, 0) is 0 Å². The van der Waals surface area contributed by atoms with Gasteiger partial charge in [0, 0.05) is 0 Å². The monoisotopic (exact) mass is 248 g/mol. The van der Waals surface area contributed by atoms with Crippen molar-refractivity contribution in [2.24, 2.45) is 0 Å². The molecule has 7 heavy (non-hydrogen) atoms. The Labute approximate surface area is 100 Å². The van der Waals surface area contributed by atoms with E-state index >= 15 is 0 Å². The second-order valence-corrected chi connectivity index (χ2v) is 1.80. The van der Waals surface area contributed by atoms with Gasteiger partial charge < -0.3 is 24.7 Å². The molecule has 0 unspecified atom stereocenters. The zero-order valence-corrected chi connectivity index (χ0v) is 3.79. The summed E-state index contributed by atoms with van der Waals surface area (Å²) in [6, 6.07) is 0. The second-order valence-electron chi connectivity index (χ2n) is 0.600. The van der Waals surface area contributed by atoms with Gasteiger partial charge in [0.2, 0.25) is 0 Å². The molecule has 0 spiro atoms. The van der Waals surface area contributed by atoms with Crippen LogP contribution in [0, 0.1) is 0 Å². The molecule has 0 amide bonds. The van der Waals surface area contributed by atoms with Crippen LogP contribution in [0.1, 0.15) is 0 Å². The normalized spacial score (nSPS) is 8.57. The maximum atomic E-state index is 7.33. The van der Waals surface area contributed by atoms with E-state index < -0.39 is 9.05 Å². The Hall–Kier alpha value is 2.07. The molecular formula is H7CsO5Si. The standard InChI is InChI=1S/Cs.H4O4Si.H2O.H/c;1-5(2,3)4;;/h;1-4H;1H2;. The zero-order valence-electron chi connectivity index (χ0n) is 2.79. The summed E-state index contributed by atoms with van der Waals surface area (Å²) in [4.78, 5) is 29.3. The maximum absolute atomic E-state index is 7.33. The molecule has 6 N–H and O–H groups in total. The van der Waals surface area contributed by atoms with Gasteiger partial charge in [-0.25, -0.2) is 0 Å². The van der Waals surface area contributed by atoms with Crippen LogP contribution in [-0.2, 0) is 0 Å². The molecule has 0 rings (SSSR count). The van der Waals surface area contributed by atoms with Crippen molar-refractivity contribution in [3.63, 3.8) is 0 Å². The summed E-state index contributed by atoms with van der Waals surface area (Å²) in [6.45, 7) is 0. The summed E-state index contributed by atoms with van der Waals surface area (Å²) < 4.78 is 0. The van der Waals surface area contributed by atoms with Crippen LogP contribution in [0.2, 0.25) is 0 Å². The molecule has 42 valence electrons. The van der Waals surface area contributed by atoms with Crippen LogP contribution in [0.4, 0.5) is 0 Å². The molecule has 0 aromatic heterocycles. The van der Waals surface area contributed by atoms with Gasteiger partial charge in [0.25, 0.3) is 0 Å². The molecule has 5 nitrogen and oxygen atoms in total. The van der Waals surface area contributed by atoms with Crippen molar-refractivity contribution < 1.29 is 24.7 Å². The summed E-state index contributed by atoms with van der Waals surface area (Å²) >= 11 is 0. The van der Waals surface area contributed by atoms with E-state index in [9.17, 15) is 0 Å². The Balaban J connectivity index is -0.0000000800.